The minimum atomic E-state index is -1.54. The smallest absolute Gasteiger partial charge is 0.264 e. The van der Waals surface area contributed by atoms with Crippen LogP contribution in [-0.2, 0) is 0 Å². The molecule has 1 aromatic heterocycles. The summed E-state index contributed by atoms with van der Waals surface area (Å²) in [4.78, 5) is 22.0. The molecule has 2 bridgehead atoms. The van der Waals surface area contributed by atoms with E-state index in [1.54, 1.807) is 6.08 Å². The summed E-state index contributed by atoms with van der Waals surface area (Å²) in [7, 11) is 0. The Bertz CT molecular complexity index is 724. The lowest BCUT2D eigenvalue weighted by atomic mass is 9.60. The van der Waals surface area contributed by atoms with Crippen LogP contribution in [0.15, 0.2) is 18.2 Å². The van der Waals surface area contributed by atoms with Crippen LogP contribution in [0.4, 0.5) is 0 Å². The Balaban J connectivity index is 2.04. The first-order chi connectivity index (χ1) is 10.1. The Kier molecular flexibility index (Phi) is 2.14. The third-order valence-corrected chi connectivity index (χ3v) is 4.74. The largest absolute Gasteiger partial charge is 0.318 e. The predicted molar refractivity (Wildman–Crippen MR) is 66.9 cm³/mol. The molecular formula is C11H10N6O4. The average Bonchev–Trinajstić information content (AvgIpc) is 2.96. The molecule has 1 aromatic rings. The van der Waals surface area contributed by atoms with Crippen LogP contribution in [-0.4, -0.2) is 35.6 Å². The van der Waals surface area contributed by atoms with E-state index < -0.39 is 27.1 Å². The Labute approximate surface area is 117 Å². The van der Waals surface area contributed by atoms with Gasteiger partial charge in [0, 0.05) is 10.8 Å². The third-order valence-electron chi connectivity index (χ3n) is 4.74. The molecule has 1 saturated carbocycles. The molecule has 0 N–H and O–H groups in total. The first-order valence-electron chi connectivity index (χ1n) is 6.54. The van der Waals surface area contributed by atoms with Gasteiger partial charge in [-0.3, -0.25) is 20.2 Å². The van der Waals surface area contributed by atoms with Crippen LogP contribution in [0.5, 0.6) is 0 Å². The van der Waals surface area contributed by atoms with Crippen LogP contribution < -0.4 is 0 Å². The van der Waals surface area contributed by atoms with E-state index in [-0.39, 0.29) is 17.7 Å². The molecule has 0 saturated heterocycles. The topological polar surface area (TPSA) is 130 Å². The van der Waals surface area contributed by atoms with Crippen molar-refractivity contribution in [2.24, 2.45) is 11.8 Å². The summed E-state index contributed by atoms with van der Waals surface area (Å²) >= 11 is 0. The Hall–Kier alpha value is -2.65. The number of hydrogen-bond donors (Lipinski definition) is 0. The molecule has 10 nitrogen and oxygen atoms in total. The van der Waals surface area contributed by atoms with Gasteiger partial charge in [0.25, 0.3) is 11.4 Å². The average molecular weight is 290 g/mol. The molecule has 4 aliphatic rings. The van der Waals surface area contributed by atoms with E-state index >= 15 is 0 Å². The van der Waals surface area contributed by atoms with Gasteiger partial charge in [0.15, 0.2) is 0 Å². The van der Waals surface area contributed by atoms with E-state index in [1.807, 2.05) is 6.08 Å². The van der Waals surface area contributed by atoms with E-state index in [0.29, 0.717) is 6.42 Å². The number of nitrogens with zero attached hydrogens (tertiary/aromatic N) is 6. The van der Waals surface area contributed by atoms with Crippen LogP contribution >= 0.6 is 0 Å². The first kappa shape index (κ1) is 12.1. The summed E-state index contributed by atoms with van der Waals surface area (Å²) in [6.45, 7) is 0. The SMILES string of the molecule is O=[N+]([O-])C1=C[C@@]2([N+](=O)[O-])[C@@H]3C=C[C@@H](CC3)[C@H]2n2nnnc21. The second-order valence-corrected chi connectivity index (χ2v) is 5.56. The highest BCUT2D eigenvalue weighted by Crippen LogP contribution is 2.54. The Morgan fingerprint density at radius 2 is 2.10 bits per heavy atom. The van der Waals surface area contributed by atoms with E-state index in [1.165, 1.54) is 4.68 Å². The highest BCUT2D eigenvalue weighted by Gasteiger charge is 2.66. The van der Waals surface area contributed by atoms with Crippen LogP contribution in [0, 0.1) is 32.1 Å². The van der Waals surface area contributed by atoms with Crippen molar-refractivity contribution in [1.82, 2.24) is 20.2 Å². The fourth-order valence-corrected chi connectivity index (χ4v) is 3.89. The number of rotatable bonds is 2. The lowest BCUT2D eigenvalue weighted by Gasteiger charge is -2.47. The molecule has 0 radical (unpaired) electrons. The zero-order valence-corrected chi connectivity index (χ0v) is 10.7. The van der Waals surface area contributed by atoms with Crippen LogP contribution in [0.25, 0.3) is 5.70 Å². The molecule has 2 heterocycles. The van der Waals surface area contributed by atoms with Crippen molar-refractivity contribution in [3.63, 3.8) is 0 Å². The van der Waals surface area contributed by atoms with Crippen molar-refractivity contribution in [3.8, 4) is 0 Å². The van der Waals surface area contributed by atoms with Crippen LogP contribution in [0.1, 0.15) is 24.7 Å². The molecule has 1 fully saturated rings. The van der Waals surface area contributed by atoms with Gasteiger partial charge in [0.05, 0.1) is 16.9 Å². The molecule has 3 aliphatic carbocycles. The minimum absolute atomic E-state index is 0.0107. The molecule has 0 spiro atoms. The molecule has 10 heteroatoms. The van der Waals surface area contributed by atoms with Gasteiger partial charge in [0.2, 0.25) is 0 Å². The molecule has 4 atom stereocenters. The summed E-state index contributed by atoms with van der Waals surface area (Å²) in [5.74, 6) is -0.481. The summed E-state index contributed by atoms with van der Waals surface area (Å²) < 4.78 is 1.27. The quantitative estimate of drug-likeness (QED) is 0.439. The lowest BCUT2D eigenvalue weighted by Crippen LogP contribution is -2.59. The normalized spacial score (nSPS) is 35.8. The number of allylic oxidation sites excluding steroid dienone is 1. The Morgan fingerprint density at radius 3 is 2.71 bits per heavy atom. The molecular weight excluding hydrogens is 280 g/mol. The first-order valence-corrected chi connectivity index (χ1v) is 6.54. The second-order valence-electron chi connectivity index (χ2n) is 5.56. The monoisotopic (exact) mass is 290 g/mol. The van der Waals surface area contributed by atoms with Gasteiger partial charge in [-0.2, -0.15) is 0 Å². The van der Waals surface area contributed by atoms with Gasteiger partial charge in [-0.15, -0.1) is 5.10 Å². The number of hydrogen-bond acceptors (Lipinski definition) is 7. The van der Waals surface area contributed by atoms with Gasteiger partial charge in [-0.05, 0) is 23.3 Å². The van der Waals surface area contributed by atoms with Crippen molar-refractivity contribution in [1.29, 1.82) is 0 Å². The van der Waals surface area contributed by atoms with E-state index in [0.717, 1.165) is 12.5 Å². The third kappa shape index (κ3) is 1.29. The highest BCUT2D eigenvalue weighted by atomic mass is 16.6. The standard InChI is InChI=1S/C11H10N6O4/c18-16(19)8-5-11(17(20)21)7-3-1-6(2-4-7)9(11)15-10(8)12-13-14-15/h1,3,5-7,9H,2,4H2/t6-,7+,9+,11+/m0/s1. The number of aromatic nitrogens is 4. The van der Waals surface area contributed by atoms with Gasteiger partial charge < -0.3 is 0 Å². The Morgan fingerprint density at radius 1 is 1.29 bits per heavy atom. The molecule has 0 aromatic carbocycles. The van der Waals surface area contributed by atoms with Crippen LogP contribution in [0.2, 0.25) is 0 Å². The van der Waals surface area contributed by atoms with Crippen molar-refractivity contribution in [2.75, 3.05) is 0 Å². The van der Waals surface area contributed by atoms with Gasteiger partial charge in [-0.25, -0.2) is 4.68 Å². The molecule has 5 rings (SSSR count). The summed E-state index contributed by atoms with van der Waals surface area (Å²) in [6, 6.07) is -0.607. The summed E-state index contributed by atoms with van der Waals surface area (Å²) in [6.07, 6.45) is 6.33. The lowest BCUT2D eigenvalue weighted by molar-refractivity contribution is -0.579. The van der Waals surface area contributed by atoms with E-state index in [2.05, 4.69) is 15.5 Å². The predicted octanol–water partition coefficient (Wildman–Crippen LogP) is 0.457. The highest BCUT2D eigenvalue weighted by molar-refractivity contribution is 5.56. The number of nitro groups is 2. The van der Waals surface area contributed by atoms with Gasteiger partial charge in [0.1, 0.15) is 6.04 Å². The van der Waals surface area contributed by atoms with Gasteiger partial charge in [-0.1, -0.05) is 12.2 Å². The van der Waals surface area contributed by atoms with E-state index in [4.69, 9.17) is 0 Å². The van der Waals surface area contributed by atoms with Crippen molar-refractivity contribution in [2.45, 2.75) is 24.4 Å². The summed E-state index contributed by atoms with van der Waals surface area (Å²) in [5, 5.41) is 34.0. The zero-order chi connectivity index (χ0) is 14.8. The molecule has 0 unspecified atom stereocenters. The fraction of sp³-hybridized carbons (Fsp3) is 0.545. The second kappa shape index (κ2) is 3.71. The van der Waals surface area contributed by atoms with Gasteiger partial charge >= 0.3 is 5.70 Å². The van der Waals surface area contributed by atoms with Crippen molar-refractivity contribution < 1.29 is 9.85 Å². The maximum Gasteiger partial charge on any atom is 0.318 e. The van der Waals surface area contributed by atoms with Crippen molar-refractivity contribution >= 4 is 5.70 Å². The molecule has 0 amide bonds. The number of fused-ring (bicyclic) bond motifs is 2. The van der Waals surface area contributed by atoms with E-state index in [9.17, 15) is 20.2 Å². The molecule has 1 aliphatic heterocycles. The summed E-state index contributed by atoms with van der Waals surface area (Å²) in [5.41, 5.74) is -1.93. The molecule has 108 valence electrons. The maximum absolute atomic E-state index is 11.8. The van der Waals surface area contributed by atoms with Crippen molar-refractivity contribution in [3.05, 3.63) is 44.3 Å². The maximum atomic E-state index is 11.8. The minimum Gasteiger partial charge on any atom is -0.264 e. The number of tetrazole rings is 1. The van der Waals surface area contributed by atoms with Crippen LogP contribution in [0.3, 0.4) is 0 Å². The zero-order valence-electron chi connectivity index (χ0n) is 10.7. The fourth-order valence-electron chi connectivity index (χ4n) is 3.89. The molecule has 21 heavy (non-hydrogen) atoms.